The Balaban J connectivity index is 2.21. The number of carbonyl (C=O) groups excluding carboxylic acids is 1. The number of hydrogen-bond donors (Lipinski definition) is 0. The Morgan fingerprint density at radius 2 is 1.37 bits per heavy atom. The summed E-state index contributed by atoms with van der Waals surface area (Å²) in [5.74, 6) is 1.40. The van der Waals surface area contributed by atoms with Crippen LogP contribution >= 0.6 is 0 Å². The van der Waals surface area contributed by atoms with E-state index in [-0.39, 0.29) is 5.78 Å². The summed E-state index contributed by atoms with van der Waals surface area (Å²) in [5.41, 5.74) is 3.97. The summed E-state index contributed by atoms with van der Waals surface area (Å²) < 4.78 is 15.9. The Hall–Kier alpha value is -3.15. The van der Waals surface area contributed by atoms with Crippen LogP contribution in [0.15, 0.2) is 24.3 Å². The van der Waals surface area contributed by atoms with Crippen LogP contribution in [0.2, 0.25) is 0 Å². The van der Waals surface area contributed by atoms with Crippen molar-refractivity contribution in [2.45, 2.75) is 20.8 Å². The molecule has 6 nitrogen and oxygen atoms in total. The third kappa shape index (κ3) is 4.94. The standard InChI is InChI=1S/C21H24N2O4/c1-13-14(2)23-18(15(3)22-13)10-9-17(24)8-7-16-11-19(25-4)21(27-6)20(12-16)26-5/h7-12H,1-6H3/b8-7+,10-9+. The molecule has 1 heterocycles. The maximum atomic E-state index is 12.2. The molecule has 0 saturated carbocycles. The molecule has 6 heteroatoms. The van der Waals surface area contributed by atoms with Gasteiger partial charge in [0.1, 0.15) is 0 Å². The maximum absolute atomic E-state index is 12.2. The molecule has 27 heavy (non-hydrogen) atoms. The van der Waals surface area contributed by atoms with Crippen molar-refractivity contribution in [3.05, 3.63) is 52.6 Å². The molecule has 0 aliphatic rings. The minimum Gasteiger partial charge on any atom is -0.493 e. The number of ketones is 1. The lowest BCUT2D eigenvalue weighted by Crippen LogP contribution is -1.99. The second-order valence-corrected chi connectivity index (χ2v) is 5.89. The smallest absolute Gasteiger partial charge is 0.203 e. The van der Waals surface area contributed by atoms with E-state index in [1.165, 1.54) is 12.2 Å². The van der Waals surface area contributed by atoms with Gasteiger partial charge in [0.2, 0.25) is 5.75 Å². The second kappa shape index (κ2) is 8.98. The van der Waals surface area contributed by atoms with Gasteiger partial charge in [-0.25, -0.2) is 4.98 Å². The van der Waals surface area contributed by atoms with Crippen molar-refractivity contribution in [2.24, 2.45) is 0 Å². The molecule has 0 aliphatic carbocycles. The second-order valence-electron chi connectivity index (χ2n) is 5.89. The van der Waals surface area contributed by atoms with Gasteiger partial charge in [-0.1, -0.05) is 6.08 Å². The van der Waals surface area contributed by atoms with Crippen molar-refractivity contribution in [1.82, 2.24) is 9.97 Å². The first-order valence-corrected chi connectivity index (χ1v) is 8.41. The van der Waals surface area contributed by atoms with Gasteiger partial charge in [-0.15, -0.1) is 0 Å². The fourth-order valence-electron chi connectivity index (χ4n) is 2.48. The molecule has 0 amide bonds. The lowest BCUT2D eigenvalue weighted by atomic mass is 10.1. The lowest BCUT2D eigenvalue weighted by molar-refractivity contribution is -0.110. The predicted molar refractivity (Wildman–Crippen MR) is 105 cm³/mol. The molecule has 0 atom stereocenters. The number of nitrogens with zero attached hydrogens (tertiary/aromatic N) is 2. The van der Waals surface area contributed by atoms with Crippen LogP contribution < -0.4 is 14.2 Å². The first-order valence-electron chi connectivity index (χ1n) is 8.41. The Morgan fingerprint density at radius 1 is 0.815 bits per heavy atom. The highest BCUT2D eigenvalue weighted by Crippen LogP contribution is 2.38. The van der Waals surface area contributed by atoms with Gasteiger partial charge in [0.15, 0.2) is 17.3 Å². The first-order chi connectivity index (χ1) is 12.9. The van der Waals surface area contributed by atoms with Gasteiger partial charge >= 0.3 is 0 Å². The maximum Gasteiger partial charge on any atom is 0.203 e. The average molecular weight is 368 g/mol. The van der Waals surface area contributed by atoms with Gasteiger partial charge in [-0.3, -0.25) is 9.78 Å². The molecule has 0 fully saturated rings. The van der Waals surface area contributed by atoms with Gasteiger partial charge < -0.3 is 14.2 Å². The quantitative estimate of drug-likeness (QED) is 0.694. The van der Waals surface area contributed by atoms with Crippen LogP contribution in [0.25, 0.3) is 12.2 Å². The molecule has 0 aliphatic heterocycles. The van der Waals surface area contributed by atoms with Gasteiger partial charge in [0, 0.05) is 0 Å². The molecular formula is C21H24N2O4. The minimum absolute atomic E-state index is 0.164. The molecule has 0 bridgehead atoms. The number of methoxy groups -OCH3 is 3. The SMILES string of the molecule is COc1cc(/C=C/C(=O)/C=C/c2nc(C)c(C)nc2C)cc(OC)c1OC. The summed E-state index contributed by atoms with van der Waals surface area (Å²) in [6.07, 6.45) is 6.31. The van der Waals surface area contributed by atoms with E-state index >= 15 is 0 Å². The van der Waals surface area contributed by atoms with Crippen LogP contribution in [0.4, 0.5) is 0 Å². The summed E-state index contributed by atoms with van der Waals surface area (Å²) in [4.78, 5) is 21.0. The van der Waals surface area contributed by atoms with Crippen molar-refractivity contribution in [2.75, 3.05) is 21.3 Å². The Labute approximate surface area is 159 Å². The fourth-order valence-corrected chi connectivity index (χ4v) is 2.48. The van der Waals surface area contributed by atoms with Crippen LogP contribution in [0, 0.1) is 20.8 Å². The normalized spacial score (nSPS) is 11.2. The number of benzene rings is 1. The number of aromatic nitrogens is 2. The molecule has 2 aromatic rings. The van der Waals surface area contributed by atoms with E-state index in [1.807, 2.05) is 20.8 Å². The molecule has 0 N–H and O–H groups in total. The molecule has 1 aromatic carbocycles. The summed E-state index contributed by atoms with van der Waals surface area (Å²) in [5, 5.41) is 0. The number of hydrogen-bond acceptors (Lipinski definition) is 6. The molecule has 142 valence electrons. The fraction of sp³-hybridized carbons (Fsp3) is 0.286. The van der Waals surface area contributed by atoms with Crippen LogP contribution in [0.3, 0.4) is 0 Å². The van der Waals surface area contributed by atoms with E-state index in [4.69, 9.17) is 14.2 Å². The van der Waals surface area contributed by atoms with Crippen molar-refractivity contribution >= 4 is 17.9 Å². The largest absolute Gasteiger partial charge is 0.493 e. The topological polar surface area (TPSA) is 70.5 Å². The number of carbonyl (C=O) groups is 1. The molecular weight excluding hydrogens is 344 g/mol. The van der Waals surface area contributed by atoms with E-state index in [1.54, 1.807) is 45.6 Å². The molecule has 2 rings (SSSR count). The molecule has 1 aromatic heterocycles. The molecule has 0 radical (unpaired) electrons. The Morgan fingerprint density at radius 3 is 1.93 bits per heavy atom. The third-order valence-corrected chi connectivity index (χ3v) is 4.05. The van der Waals surface area contributed by atoms with Gasteiger partial charge in [-0.05, 0) is 56.7 Å². The van der Waals surface area contributed by atoms with E-state index < -0.39 is 0 Å². The van der Waals surface area contributed by atoms with E-state index in [0.29, 0.717) is 22.9 Å². The summed E-state index contributed by atoms with van der Waals surface area (Å²) in [6.45, 7) is 5.68. The summed E-state index contributed by atoms with van der Waals surface area (Å²) >= 11 is 0. The Kier molecular flexibility index (Phi) is 6.71. The van der Waals surface area contributed by atoms with Gasteiger partial charge in [-0.2, -0.15) is 0 Å². The van der Waals surface area contributed by atoms with Crippen molar-refractivity contribution in [3.8, 4) is 17.2 Å². The van der Waals surface area contributed by atoms with Crippen molar-refractivity contribution in [1.29, 1.82) is 0 Å². The number of allylic oxidation sites excluding steroid dienone is 2. The van der Waals surface area contributed by atoms with Gasteiger partial charge in [0.05, 0.1) is 44.1 Å². The molecule has 0 spiro atoms. The summed E-state index contributed by atoms with van der Waals surface area (Å²) in [6, 6.07) is 3.54. The zero-order valence-corrected chi connectivity index (χ0v) is 16.5. The third-order valence-electron chi connectivity index (χ3n) is 4.05. The van der Waals surface area contributed by atoms with E-state index in [9.17, 15) is 4.79 Å². The van der Waals surface area contributed by atoms with E-state index in [0.717, 1.165) is 22.6 Å². The minimum atomic E-state index is -0.164. The highest BCUT2D eigenvalue weighted by Gasteiger charge is 2.12. The van der Waals surface area contributed by atoms with Crippen molar-refractivity contribution in [3.63, 3.8) is 0 Å². The zero-order valence-electron chi connectivity index (χ0n) is 16.5. The van der Waals surface area contributed by atoms with Gasteiger partial charge in [0.25, 0.3) is 0 Å². The van der Waals surface area contributed by atoms with Crippen LogP contribution in [0.1, 0.15) is 28.3 Å². The lowest BCUT2D eigenvalue weighted by Gasteiger charge is -2.12. The highest BCUT2D eigenvalue weighted by atomic mass is 16.5. The number of aryl methyl sites for hydroxylation is 3. The number of ether oxygens (including phenoxy) is 3. The monoisotopic (exact) mass is 368 g/mol. The van der Waals surface area contributed by atoms with E-state index in [2.05, 4.69) is 9.97 Å². The zero-order chi connectivity index (χ0) is 20.0. The van der Waals surface area contributed by atoms with Crippen LogP contribution in [-0.4, -0.2) is 37.1 Å². The molecule has 0 saturated heterocycles. The van der Waals surface area contributed by atoms with Crippen molar-refractivity contribution < 1.29 is 19.0 Å². The Bertz CT molecular complexity index is 876. The first kappa shape index (κ1) is 20.2. The summed E-state index contributed by atoms with van der Waals surface area (Å²) in [7, 11) is 4.64. The number of rotatable bonds is 7. The van der Waals surface area contributed by atoms with Crippen LogP contribution in [-0.2, 0) is 4.79 Å². The predicted octanol–water partition coefficient (Wildman–Crippen LogP) is 3.72. The molecule has 0 unspecified atom stereocenters. The highest BCUT2D eigenvalue weighted by molar-refractivity contribution is 6.04. The van der Waals surface area contributed by atoms with Crippen LogP contribution in [0.5, 0.6) is 17.2 Å². The average Bonchev–Trinajstić information content (AvgIpc) is 2.66.